The van der Waals surface area contributed by atoms with E-state index in [1.54, 1.807) is 49.6 Å². The van der Waals surface area contributed by atoms with Crippen molar-refractivity contribution in [2.45, 2.75) is 18.7 Å². The number of thioether (sulfide) groups is 1. The zero-order valence-electron chi connectivity index (χ0n) is 15.8. The largest absolute Gasteiger partial charge is 0.493 e. The van der Waals surface area contributed by atoms with Gasteiger partial charge in [-0.15, -0.1) is 5.10 Å². The van der Waals surface area contributed by atoms with Gasteiger partial charge in [-0.05, 0) is 48.4 Å². The summed E-state index contributed by atoms with van der Waals surface area (Å²) in [6, 6.07) is 11.5. The number of rotatable bonds is 6. The molecule has 28 heavy (non-hydrogen) atoms. The van der Waals surface area contributed by atoms with Gasteiger partial charge in [-0.25, -0.2) is 4.39 Å². The molecule has 1 saturated heterocycles. The van der Waals surface area contributed by atoms with Crippen molar-refractivity contribution in [3.63, 3.8) is 0 Å². The number of carbonyl (C=O) groups excluding carboxylic acids is 1. The van der Waals surface area contributed by atoms with E-state index < -0.39 is 0 Å². The van der Waals surface area contributed by atoms with Crippen molar-refractivity contribution in [1.82, 2.24) is 4.90 Å². The number of amides is 1. The number of carbonyl (C=O) groups is 1. The maximum atomic E-state index is 13.1. The monoisotopic (exact) mass is 401 g/mol. The molecule has 1 amide bonds. The number of ether oxygens (including phenoxy) is 2. The minimum absolute atomic E-state index is 0.0469. The molecule has 0 bridgehead atoms. The summed E-state index contributed by atoms with van der Waals surface area (Å²) in [5.74, 6) is 0.861. The number of methoxy groups -OCH3 is 2. The third kappa shape index (κ3) is 4.51. The average molecular weight is 401 g/mol. The summed E-state index contributed by atoms with van der Waals surface area (Å²) in [4.78, 5) is 14.0. The first-order valence-corrected chi connectivity index (χ1v) is 9.45. The van der Waals surface area contributed by atoms with Crippen molar-refractivity contribution in [2.75, 3.05) is 14.2 Å². The van der Waals surface area contributed by atoms with E-state index in [-0.39, 0.29) is 17.0 Å². The van der Waals surface area contributed by atoms with Gasteiger partial charge in [-0.3, -0.25) is 9.69 Å². The van der Waals surface area contributed by atoms with E-state index in [1.807, 2.05) is 13.0 Å². The molecule has 0 spiro atoms. The molecule has 1 aliphatic rings. The Morgan fingerprint density at radius 3 is 2.54 bits per heavy atom. The summed E-state index contributed by atoms with van der Waals surface area (Å²) < 4.78 is 23.6. The van der Waals surface area contributed by atoms with Crippen LogP contribution in [0.3, 0.4) is 0 Å². The highest BCUT2D eigenvalue weighted by Crippen LogP contribution is 2.29. The minimum atomic E-state index is -0.312. The van der Waals surface area contributed by atoms with Gasteiger partial charge in [-0.2, -0.15) is 5.10 Å². The van der Waals surface area contributed by atoms with E-state index in [2.05, 4.69) is 10.2 Å². The normalized spacial score (nSPS) is 18.3. The van der Waals surface area contributed by atoms with E-state index in [9.17, 15) is 9.18 Å². The van der Waals surface area contributed by atoms with Crippen LogP contribution in [0.2, 0.25) is 0 Å². The molecule has 6 nitrogen and oxygen atoms in total. The van der Waals surface area contributed by atoms with Crippen LogP contribution in [0.15, 0.2) is 52.7 Å². The molecule has 1 aliphatic heterocycles. The lowest BCUT2D eigenvalue weighted by atomic mass is 10.2. The molecule has 0 unspecified atom stereocenters. The summed E-state index contributed by atoms with van der Waals surface area (Å²) in [5, 5.41) is 8.61. The smallest absolute Gasteiger partial charge is 0.242 e. The van der Waals surface area contributed by atoms with Crippen LogP contribution < -0.4 is 9.47 Å². The summed E-state index contributed by atoms with van der Waals surface area (Å²) in [5.41, 5.74) is 1.61. The number of amidine groups is 1. The summed E-state index contributed by atoms with van der Waals surface area (Å²) in [6.07, 6.45) is 1.58. The Bertz CT molecular complexity index is 915. The van der Waals surface area contributed by atoms with E-state index in [0.717, 1.165) is 11.1 Å². The van der Waals surface area contributed by atoms with Gasteiger partial charge in [0, 0.05) is 0 Å². The number of nitrogens with zero attached hydrogens (tertiary/aromatic N) is 3. The molecular weight excluding hydrogens is 381 g/mol. The maximum Gasteiger partial charge on any atom is 0.242 e. The van der Waals surface area contributed by atoms with Gasteiger partial charge in [0.25, 0.3) is 0 Å². The third-order valence-corrected chi connectivity index (χ3v) is 5.21. The lowest BCUT2D eigenvalue weighted by molar-refractivity contribution is -0.126. The molecule has 1 fully saturated rings. The fourth-order valence-corrected chi connectivity index (χ4v) is 3.58. The Kier molecular flexibility index (Phi) is 6.30. The zero-order chi connectivity index (χ0) is 20.1. The molecule has 2 aromatic carbocycles. The Hall–Kier alpha value is -2.87. The van der Waals surface area contributed by atoms with Gasteiger partial charge in [0.05, 0.1) is 32.2 Å². The van der Waals surface area contributed by atoms with Crippen LogP contribution in [0.4, 0.5) is 4.39 Å². The van der Waals surface area contributed by atoms with Gasteiger partial charge in [0.2, 0.25) is 5.91 Å². The Balaban J connectivity index is 1.78. The van der Waals surface area contributed by atoms with Crippen molar-refractivity contribution in [2.24, 2.45) is 10.2 Å². The van der Waals surface area contributed by atoms with Crippen LogP contribution in [-0.4, -0.2) is 41.7 Å². The lowest BCUT2D eigenvalue weighted by Crippen LogP contribution is -2.30. The topological polar surface area (TPSA) is 63.5 Å². The van der Waals surface area contributed by atoms with Gasteiger partial charge in [-0.1, -0.05) is 23.9 Å². The molecule has 3 rings (SSSR count). The Labute approximate surface area is 167 Å². The molecule has 0 radical (unpaired) electrons. The number of hydrogen-bond donors (Lipinski definition) is 0. The first-order chi connectivity index (χ1) is 13.5. The summed E-state index contributed by atoms with van der Waals surface area (Å²) >= 11 is 1.35. The first kappa shape index (κ1) is 19.9. The number of halogens is 1. The lowest BCUT2D eigenvalue weighted by Gasteiger charge is -2.15. The van der Waals surface area contributed by atoms with Crippen LogP contribution >= 0.6 is 11.8 Å². The number of benzene rings is 2. The van der Waals surface area contributed by atoms with E-state index >= 15 is 0 Å². The molecule has 2 aromatic rings. The predicted molar refractivity (Wildman–Crippen MR) is 109 cm³/mol. The molecule has 0 aromatic heterocycles. The predicted octanol–water partition coefficient (Wildman–Crippen LogP) is 3.70. The SMILES string of the molecule is COc1ccc(/C=N\N=C2\S[C@@H](C)C(=O)N2Cc2ccc(F)cc2)cc1OC. The van der Waals surface area contributed by atoms with E-state index in [1.165, 1.54) is 23.9 Å². The zero-order valence-corrected chi connectivity index (χ0v) is 16.6. The first-order valence-electron chi connectivity index (χ1n) is 8.57. The van der Waals surface area contributed by atoms with Gasteiger partial charge < -0.3 is 9.47 Å². The average Bonchev–Trinajstić information content (AvgIpc) is 2.97. The molecule has 8 heteroatoms. The third-order valence-electron chi connectivity index (χ3n) is 4.14. The maximum absolute atomic E-state index is 13.1. The fourth-order valence-electron chi connectivity index (χ4n) is 2.66. The fraction of sp³-hybridized carbons (Fsp3) is 0.250. The van der Waals surface area contributed by atoms with Crippen molar-refractivity contribution in [1.29, 1.82) is 0 Å². The second-order valence-corrected chi connectivity index (χ2v) is 7.36. The van der Waals surface area contributed by atoms with Crippen LogP contribution in [0.1, 0.15) is 18.1 Å². The van der Waals surface area contributed by atoms with Crippen molar-refractivity contribution in [3.05, 3.63) is 59.4 Å². The second-order valence-electron chi connectivity index (χ2n) is 6.05. The van der Waals surface area contributed by atoms with E-state index in [4.69, 9.17) is 9.47 Å². The highest BCUT2D eigenvalue weighted by atomic mass is 32.2. The molecule has 1 heterocycles. The quantitative estimate of drug-likeness (QED) is 0.547. The van der Waals surface area contributed by atoms with E-state index in [0.29, 0.717) is 23.2 Å². The van der Waals surface area contributed by atoms with Crippen molar-refractivity contribution in [3.8, 4) is 11.5 Å². The number of hydrogen-bond acceptors (Lipinski definition) is 6. The highest BCUT2D eigenvalue weighted by Gasteiger charge is 2.35. The molecule has 0 saturated carbocycles. The molecular formula is C20H20FN3O3S. The summed E-state index contributed by atoms with van der Waals surface area (Å²) in [6.45, 7) is 2.15. The van der Waals surface area contributed by atoms with Crippen LogP contribution in [0, 0.1) is 5.82 Å². The second kappa shape index (κ2) is 8.88. The highest BCUT2D eigenvalue weighted by molar-refractivity contribution is 8.15. The Morgan fingerprint density at radius 2 is 1.86 bits per heavy atom. The molecule has 146 valence electrons. The molecule has 0 aliphatic carbocycles. The van der Waals surface area contributed by atoms with Gasteiger partial charge in [0.1, 0.15) is 5.82 Å². The van der Waals surface area contributed by atoms with Crippen LogP contribution in [0.25, 0.3) is 0 Å². The molecule has 1 atom stereocenters. The summed E-state index contributed by atoms with van der Waals surface area (Å²) in [7, 11) is 3.14. The van der Waals surface area contributed by atoms with Crippen molar-refractivity contribution < 1.29 is 18.7 Å². The molecule has 0 N–H and O–H groups in total. The standard InChI is InChI=1S/C20H20FN3O3S/c1-13-19(25)24(12-14-4-7-16(21)8-5-14)20(28-13)23-22-11-15-6-9-17(26-2)18(10-15)27-3/h4-11,13H,12H2,1-3H3/b22-11-,23-20+/t13-/m0/s1. The van der Waals surface area contributed by atoms with Crippen LogP contribution in [0.5, 0.6) is 11.5 Å². The van der Waals surface area contributed by atoms with Gasteiger partial charge >= 0.3 is 0 Å². The minimum Gasteiger partial charge on any atom is -0.493 e. The van der Waals surface area contributed by atoms with Crippen LogP contribution in [-0.2, 0) is 11.3 Å². The van der Waals surface area contributed by atoms with Crippen molar-refractivity contribution >= 4 is 29.1 Å². The Morgan fingerprint density at radius 1 is 1.14 bits per heavy atom. The van der Waals surface area contributed by atoms with Gasteiger partial charge in [0.15, 0.2) is 16.7 Å².